The van der Waals surface area contributed by atoms with Crippen molar-refractivity contribution in [1.82, 2.24) is 15.6 Å². The molecule has 1 aromatic rings. The third kappa shape index (κ3) is 6.95. The van der Waals surface area contributed by atoms with E-state index < -0.39 is 0 Å². The number of rotatable bonds is 7. The monoisotopic (exact) mass is 422 g/mol. The summed E-state index contributed by atoms with van der Waals surface area (Å²) in [6.07, 6.45) is 3.65. The van der Waals surface area contributed by atoms with Gasteiger partial charge in [0, 0.05) is 37.4 Å². The van der Waals surface area contributed by atoms with E-state index in [2.05, 4.69) is 46.8 Å². The summed E-state index contributed by atoms with van der Waals surface area (Å²) < 4.78 is 0. The zero-order valence-corrected chi connectivity index (χ0v) is 16.3. The van der Waals surface area contributed by atoms with E-state index in [1.54, 1.807) is 11.3 Å². The fourth-order valence-electron chi connectivity index (χ4n) is 1.87. The Morgan fingerprint density at radius 2 is 2.19 bits per heavy atom. The van der Waals surface area contributed by atoms with Crippen molar-refractivity contribution in [3.8, 4) is 0 Å². The van der Waals surface area contributed by atoms with Crippen molar-refractivity contribution in [2.45, 2.75) is 46.0 Å². The van der Waals surface area contributed by atoms with Crippen molar-refractivity contribution in [2.75, 3.05) is 19.6 Å². The molecule has 21 heavy (non-hydrogen) atoms. The maximum atomic E-state index is 4.66. The molecule has 1 fully saturated rings. The molecule has 1 aromatic heterocycles. The molecule has 0 radical (unpaired) electrons. The normalized spacial score (nSPS) is 15.0. The summed E-state index contributed by atoms with van der Waals surface area (Å²) in [6.45, 7) is 9.24. The molecule has 0 bridgehead atoms. The molecule has 0 aliphatic heterocycles. The summed E-state index contributed by atoms with van der Waals surface area (Å²) in [6, 6.07) is 0. The lowest BCUT2D eigenvalue weighted by atomic mass is 10.2. The quantitative estimate of drug-likeness (QED) is 0.402. The molecule has 4 nitrogen and oxygen atoms in total. The van der Waals surface area contributed by atoms with Gasteiger partial charge in [-0.15, -0.1) is 35.3 Å². The highest BCUT2D eigenvalue weighted by atomic mass is 127. The number of aromatic nitrogens is 1. The minimum Gasteiger partial charge on any atom is -0.357 e. The summed E-state index contributed by atoms with van der Waals surface area (Å²) in [4.78, 5) is 9.27. The molecule has 6 heteroatoms. The van der Waals surface area contributed by atoms with Crippen molar-refractivity contribution >= 4 is 41.3 Å². The van der Waals surface area contributed by atoms with E-state index in [1.165, 1.54) is 23.5 Å². The molecule has 0 spiro atoms. The third-order valence-corrected chi connectivity index (χ3v) is 4.48. The molecule has 120 valence electrons. The van der Waals surface area contributed by atoms with Crippen molar-refractivity contribution in [1.29, 1.82) is 0 Å². The van der Waals surface area contributed by atoms with E-state index in [9.17, 15) is 0 Å². The first-order valence-corrected chi connectivity index (χ1v) is 8.53. The van der Waals surface area contributed by atoms with Crippen molar-refractivity contribution < 1.29 is 0 Å². The molecule has 1 saturated carbocycles. The average molecular weight is 422 g/mol. The second-order valence-corrected chi connectivity index (χ2v) is 6.56. The Bertz CT molecular complexity index is 441. The zero-order chi connectivity index (χ0) is 14.4. The summed E-state index contributed by atoms with van der Waals surface area (Å²) in [5, 5.41) is 10.1. The number of hydrogen-bond donors (Lipinski definition) is 2. The largest absolute Gasteiger partial charge is 0.357 e. The van der Waals surface area contributed by atoms with Gasteiger partial charge >= 0.3 is 0 Å². The maximum absolute atomic E-state index is 4.66. The van der Waals surface area contributed by atoms with Gasteiger partial charge in [0.1, 0.15) is 0 Å². The number of hydrogen-bond acceptors (Lipinski definition) is 3. The molecule has 1 aliphatic carbocycles. The van der Waals surface area contributed by atoms with E-state index in [0.29, 0.717) is 5.92 Å². The maximum Gasteiger partial charge on any atom is 0.191 e. The van der Waals surface area contributed by atoms with Gasteiger partial charge in [-0.25, -0.2) is 4.98 Å². The molecule has 0 saturated heterocycles. The van der Waals surface area contributed by atoms with Crippen molar-refractivity contribution in [3.05, 3.63) is 16.1 Å². The average Bonchev–Trinajstić information content (AvgIpc) is 3.12. The Labute approximate surface area is 149 Å². The third-order valence-electron chi connectivity index (χ3n) is 3.29. The number of thiazole rings is 1. The summed E-state index contributed by atoms with van der Waals surface area (Å²) in [5.74, 6) is 2.30. The fourth-order valence-corrected chi connectivity index (χ4v) is 2.74. The topological polar surface area (TPSA) is 49.3 Å². The summed E-state index contributed by atoms with van der Waals surface area (Å²) in [5.41, 5.74) is 1.18. The van der Waals surface area contributed by atoms with Crippen LogP contribution in [0, 0.1) is 5.92 Å². The van der Waals surface area contributed by atoms with Crippen LogP contribution in [0.15, 0.2) is 10.4 Å². The molecule has 2 rings (SSSR count). The van der Waals surface area contributed by atoms with E-state index in [4.69, 9.17) is 0 Å². The Kier molecular flexibility index (Phi) is 8.55. The second kappa shape index (κ2) is 9.61. The predicted molar refractivity (Wildman–Crippen MR) is 102 cm³/mol. The van der Waals surface area contributed by atoms with Gasteiger partial charge in [-0.05, 0) is 25.7 Å². The number of nitrogens with one attached hydrogen (secondary N) is 2. The van der Waals surface area contributed by atoms with E-state index in [-0.39, 0.29) is 24.0 Å². The molecule has 1 heterocycles. The van der Waals surface area contributed by atoms with E-state index >= 15 is 0 Å². The van der Waals surface area contributed by atoms with Crippen LogP contribution in [0.25, 0.3) is 0 Å². The van der Waals surface area contributed by atoms with Crippen LogP contribution in [0.5, 0.6) is 0 Å². The van der Waals surface area contributed by atoms with Crippen LogP contribution in [0.4, 0.5) is 0 Å². The van der Waals surface area contributed by atoms with Crippen LogP contribution in [-0.4, -0.2) is 30.6 Å². The van der Waals surface area contributed by atoms with Gasteiger partial charge in [-0.3, -0.25) is 4.99 Å². The second-order valence-electron chi connectivity index (χ2n) is 5.67. The molecular formula is C15H27IN4S. The van der Waals surface area contributed by atoms with E-state index in [0.717, 1.165) is 37.9 Å². The molecule has 0 amide bonds. The van der Waals surface area contributed by atoms with Crippen LogP contribution in [-0.2, 0) is 6.42 Å². The standard InChI is InChI=1S/C15H26N4S.HI/c1-4-16-15(18-9-12-5-6-12)17-8-7-13-10-20-14(19-13)11(2)3;/h10-12H,4-9H2,1-3H3,(H2,16,17,18);1H. The van der Waals surface area contributed by atoms with Crippen LogP contribution in [0.3, 0.4) is 0 Å². The Morgan fingerprint density at radius 3 is 2.76 bits per heavy atom. The molecular weight excluding hydrogens is 395 g/mol. The van der Waals surface area contributed by atoms with Gasteiger partial charge in [-0.1, -0.05) is 13.8 Å². The lowest BCUT2D eigenvalue weighted by molar-refractivity contribution is 0.766. The lowest BCUT2D eigenvalue weighted by Crippen LogP contribution is -2.38. The van der Waals surface area contributed by atoms with Crippen LogP contribution < -0.4 is 10.6 Å². The fraction of sp³-hybridized carbons (Fsp3) is 0.733. The predicted octanol–water partition coefficient (Wildman–Crippen LogP) is 3.39. The van der Waals surface area contributed by atoms with E-state index in [1.807, 2.05) is 0 Å². The first-order chi connectivity index (χ1) is 9.69. The molecule has 0 atom stereocenters. The minimum absolute atomic E-state index is 0. The summed E-state index contributed by atoms with van der Waals surface area (Å²) >= 11 is 1.76. The first kappa shape index (κ1) is 18.7. The van der Waals surface area contributed by atoms with Gasteiger partial charge < -0.3 is 10.6 Å². The first-order valence-electron chi connectivity index (χ1n) is 7.65. The number of halogens is 1. The number of aliphatic imine (C=N–C) groups is 1. The smallest absolute Gasteiger partial charge is 0.191 e. The SMILES string of the molecule is CCNC(=NCC1CC1)NCCc1csc(C(C)C)n1.I. The Morgan fingerprint density at radius 1 is 1.43 bits per heavy atom. The van der Waals surface area contributed by atoms with Crippen LogP contribution >= 0.6 is 35.3 Å². The molecule has 0 aromatic carbocycles. The van der Waals surface area contributed by atoms with Gasteiger partial charge in [0.2, 0.25) is 0 Å². The molecule has 1 aliphatic rings. The highest BCUT2D eigenvalue weighted by molar-refractivity contribution is 14.0. The highest BCUT2D eigenvalue weighted by Crippen LogP contribution is 2.28. The zero-order valence-electron chi connectivity index (χ0n) is 13.2. The summed E-state index contributed by atoms with van der Waals surface area (Å²) in [7, 11) is 0. The Balaban J connectivity index is 0.00000220. The molecule has 0 unspecified atom stereocenters. The minimum atomic E-state index is 0. The lowest BCUT2D eigenvalue weighted by Gasteiger charge is -2.10. The van der Waals surface area contributed by atoms with Gasteiger partial charge in [0.05, 0.1) is 10.7 Å². The molecule has 2 N–H and O–H groups in total. The van der Waals surface area contributed by atoms with Crippen LogP contribution in [0.2, 0.25) is 0 Å². The van der Waals surface area contributed by atoms with Gasteiger partial charge in [0.15, 0.2) is 5.96 Å². The number of nitrogens with zero attached hydrogens (tertiary/aromatic N) is 2. The van der Waals surface area contributed by atoms with Crippen molar-refractivity contribution in [2.24, 2.45) is 10.9 Å². The van der Waals surface area contributed by atoms with Crippen LogP contribution in [0.1, 0.15) is 50.2 Å². The number of guanidine groups is 1. The Hall–Kier alpha value is -0.370. The van der Waals surface area contributed by atoms with Gasteiger partial charge in [0.25, 0.3) is 0 Å². The highest BCUT2D eigenvalue weighted by Gasteiger charge is 2.20. The van der Waals surface area contributed by atoms with Crippen molar-refractivity contribution in [3.63, 3.8) is 0 Å². The van der Waals surface area contributed by atoms with Gasteiger partial charge in [-0.2, -0.15) is 0 Å².